The number of pyridine rings is 1. The molecular formula is C7H7F3N+. The maximum Gasteiger partial charge on any atom is 0.416 e. The number of nitrogens with zero attached hydrogens (tertiary/aromatic N) is 1. The molecular weight excluding hydrogens is 155 g/mol. The second-order valence-electron chi connectivity index (χ2n) is 1.99. The van der Waals surface area contributed by atoms with Crippen LogP contribution >= 0.6 is 0 Å². The number of hydrogen-bond acceptors (Lipinski definition) is 0. The van der Waals surface area contributed by atoms with Gasteiger partial charge < -0.3 is 0 Å². The summed E-state index contributed by atoms with van der Waals surface area (Å²) >= 11 is 0. The van der Waals surface area contributed by atoms with Gasteiger partial charge in [-0.25, -0.2) is 4.57 Å². The Morgan fingerprint density at radius 2 is 1.91 bits per heavy atom. The van der Waals surface area contributed by atoms with E-state index in [1.165, 1.54) is 0 Å². The van der Waals surface area contributed by atoms with E-state index in [1.54, 1.807) is 0 Å². The predicted octanol–water partition coefficient (Wildman–Crippen LogP) is 1.53. The summed E-state index contributed by atoms with van der Waals surface area (Å²) in [6, 6.07) is 1.46. The fourth-order valence-electron chi connectivity index (χ4n) is 0.615. The molecule has 0 radical (unpaired) electrons. The summed E-state index contributed by atoms with van der Waals surface area (Å²) in [6.07, 6.45) is -2.67. The number of aromatic nitrogens is 1. The van der Waals surface area contributed by atoms with Gasteiger partial charge in [0.15, 0.2) is 12.4 Å². The largest absolute Gasteiger partial charge is 0.416 e. The summed E-state index contributed by atoms with van der Waals surface area (Å²) in [5.41, 5.74) is -0.863. The van der Waals surface area contributed by atoms with Gasteiger partial charge in [0.25, 0.3) is 0 Å². The molecule has 11 heavy (non-hydrogen) atoms. The van der Waals surface area contributed by atoms with Gasteiger partial charge in [0.2, 0.25) is 0 Å². The lowest BCUT2D eigenvalue weighted by atomic mass is 10.3. The molecule has 0 aliphatic carbocycles. The Morgan fingerprint density at radius 3 is 2.27 bits per heavy atom. The third-order valence-corrected chi connectivity index (χ3v) is 1.16. The maximum absolute atomic E-state index is 12.1. The molecule has 0 N–H and O–H groups in total. The number of hydrogen-bond donors (Lipinski definition) is 0. The Balaban J connectivity index is 3.02. The monoisotopic (exact) mass is 165 g/mol. The summed E-state index contributed by atoms with van der Waals surface area (Å²) in [5.74, 6) is 0. The van der Waals surface area contributed by atoms with Crippen molar-refractivity contribution in [1.29, 1.82) is 0 Å². The Labute approximate surface area is 66.3 Å². The van der Waals surface area contributed by atoms with Crippen LogP contribution in [0.1, 0.15) is 9.68 Å². The molecule has 60 valence electrons. The first-order valence-corrected chi connectivity index (χ1v) is 2.80. The summed E-state index contributed by atoms with van der Waals surface area (Å²) in [4.78, 5) is 0. The van der Waals surface area contributed by atoms with E-state index in [1.807, 2.05) is 0 Å². The normalized spacial score (nSPS) is 16.8. The minimum absolute atomic E-state index is 0.729. The minimum Gasteiger partial charge on any atom is -0.208 e. The van der Waals surface area contributed by atoms with Crippen molar-refractivity contribution in [2.24, 2.45) is 6.98 Å². The quantitative estimate of drug-likeness (QED) is 0.513. The van der Waals surface area contributed by atoms with E-state index in [-0.39, 0.29) is 0 Å². The van der Waals surface area contributed by atoms with E-state index in [2.05, 4.69) is 0 Å². The van der Waals surface area contributed by atoms with Crippen molar-refractivity contribution in [3.05, 3.63) is 30.1 Å². The van der Waals surface area contributed by atoms with Gasteiger partial charge in [0, 0.05) is 12.1 Å². The molecule has 1 rings (SSSR count). The molecule has 0 aliphatic heterocycles. The van der Waals surface area contributed by atoms with Gasteiger partial charge in [-0.15, -0.1) is 0 Å². The van der Waals surface area contributed by atoms with Crippen molar-refractivity contribution in [2.75, 3.05) is 0 Å². The van der Waals surface area contributed by atoms with Crippen molar-refractivity contribution in [3.63, 3.8) is 0 Å². The van der Waals surface area contributed by atoms with Gasteiger partial charge >= 0.3 is 6.18 Å². The Bertz CT molecular complexity index is 281. The molecule has 0 amide bonds. The topological polar surface area (TPSA) is 3.88 Å². The van der Waals surface area contributed by atoms with Crippen molar-refractivity contribution >= 4 is 0 Å². The van der Waals surface area contributed by atoms with Crippen LogP contribution in [-0.4, -0.2) is 0 Å². The lowest BCUT2D eigenvalue weighted by Crippen LogP contribution is -2.26. The van der Waals surface area contributed by atoms with Crippen molar-refractivity contribution < 1.29 is 21.9 Å². The number of rotatable bonds is 0. The van der Waals surface area contributed by atoms with Crippen LogP contribution in [0.2, 0.25) is 0 Å². The lowest BCUT2D eigenvalue weighted by molar-refractivity contribution is -0.671. The minimum atomic E-state index is -4.44. The zero-order chi connectivity index (χ0) is 11.0. The highest BCUT2D eigenvalue weighted by molar-refractivity contribution is 5.10. The van der Waals surface area contributed by atoms with Gasteiger partial charge in [-0.3, -0.25) is 0 Å². The molecule has 1 aromatic heterocycles. The van der Waals surface area contributed by atoms with E-state index in [0.29, 0.717) is 0 Å². The smallest absolute Gasteiger partial charge is 0.208 e. The van der Waals surface area contributed by atoms with Gasteiger partial charge in [-0.2, -0.15) is 13.2 Å². The molecule has 0 bridgehead atoms. The third kappa shape index (κ3) is 1.93. The van der Waals surface area contributed by atoms with Crippen LogP contribution in [0, 0.1) is 0 Å². The second kappa shape index (κ2) is 2.53. The zero-order valence-corrected chi connectivity index (χ0v) is 5.39. The van der Waals surface area contributed by atoms with E-state index < -0.39 is 18.7 Å². The van der Waals surface area contributed by atoms with Gasteiger partial charge in [-0.1, -0.05) is 0 Å². The highest BCUT2D eigenvalue weighted by atomic mass is 19.4. The number of halogens is 3. The number of alkyl halides is 3. The van der Waals surface area contributed by atoms with E-state index in [4.69, 9.17) is 4.11 Å². The molecule has 0 saturated heterocycles. The average Bonchev–Trinajstić information content (AvgIpc) is 2.01. The average molecular weight is 165 g/mol. The van der Waals surface area contributed by atoms with Crippen LogP contribution in [0.3, 0.4) is 0 Å². The Kier molecular flexibility index (Phi) is 1.09. The summed E-state index contributed by atoms with van der Waals surface area (Å²) in [6.45, 7) is -2.44. The molecule has 0 spiro atoms. The zero-order valence-electron chi connectivity index (χ0n) is 8.39. The molecule has 0 atom stereocenters. The van der Waals surface area contributed by atoms with Crippen LogP contribution in [0.4, 0.5) is 13.2 Å². The molecule has 0 fully saturated rings. The van der Waals surface area contributed by atoms with Crippen LogP contribution in [0.25, 0.3) is 0 Å². The van der Waals surface area contributed by atoms with Gasteiger partial charge in [0.05, 0.1) is 5.56 Å². The first-order valence-electron chi connectivity index (χ1n) is 4.30. The molecule has 4 heteroatoms. The summed E-state index contributed by atoms with van der Waals surface area (Å²) < 4.78 is 57.7. The molecule has 0 aliphatic rings. The fourth-order valence-corrected chi connectivity index (χ4v) is 0.615. The SMILES string of the molecule is [2H]C([2H])([2H])[n+]1ccc(C(F)(F)F)cc1. The standard InChI is InChI=1S/C7H7F3N/c1-11-4-2-6(3-5-11)7(8,9)10/h2-5H,1H3/q+1/i1D3. The Hall–Kier alpha value is -1.06. The summed E-state index contributed by atoms with van der Waals surface area (Å²) in [5, 5.41) is 0. The molecule has 1 heterocycles. The van der Waals surface area contributed by atoms with Crippen LogP contribution in [0.15, 0.2) is 24.5 Å². The van der Waals surface area contributed by atoms with Gasteiger partial charge in [0.1, 0.15) is 11.1 Å². The van der Waals surface area contributed by atoms with Crippen molar-refractivity contribution in [2.45, 2.75) is 6.18 Å². The van der Waals surface area contributed by atoms with E-state index in [0.717, 1.165) is 29.1 Å². The second-order valence-corrected chi connectivity index (χ2v) is 1.99. The lowest BCUT2D eigenvalue weighted by Gasteiger charge is -2.03. The van der Waals surface area contributed by atoms with Gasteiger partial charge in [-0.05, 0) is 0 Å². The predicted molar refractivity (Wildman–Crippen MR) is 32.6 cm³/mol. The van der Waals surface area contributed by atoms with E-state index >= 15 is 0 Å². The van der Waals surface area contributed by atoms with Crippen molar-refractivity contribution in [3.8, 4) is 0 Å². The fraction of sp³-hybridized carbons (Fsp3) is 0.286. The Morgan fingerprint density at radius 1 is 1.36 bits per heavy atom. The summed E-state index contributed by atoms with van der Waals surface area (Å²) in [7, 11) is 0. The maximum atomic E-state index is 12.1. The third-order valence-electron chi connectivity index (χ3n) is 1.16. The first-order chi connectivity index (χ1) is 6.21. The number of aryl methyl sites for hydroxylation is 1. The first kappa shape index (κ1) is 4.74. The van der Waals surface area contributed by atoms with Crippen LogP contribution < -0.4 is 4.57 Å². The molecule has 0 saturated carbocycles. The molecule has 0 aromatic carbocycles. The van der Waals surface area contributed by atoms with Crippen LogP contribution in [-0.2, 0) is 13.2 Å². The molecule has 1 nitrogen and oxygen atoms in total. The van der Waals surface area contributed by atoms with E-state index in [9.17, 15) is 13.2 Å². The highest BCUT2D eigenvalue weighted by Crippen LogP contribution is 2.27. The van der Waals surface area contributed by atoms with Crippen molar-refractivity contribution in [1.82, 2.24) is 0 Å². The molecule has 0 unspecified atom stereocenters. The van der Waals surface area contributed by atoms with Crippen LogP contribution in [0.5, 0.6) is 0 Å². The molecule has 1 aromatic rings. The highest BCUT2D eigenvalue weighted by Gasteiger charge is 2.30.